The summed E-state index contributed by atoms with van der Waals surface area (Å²) >= 11 is 0. The minimum atomic E-state index is -1.20. The summed E-state index contributed by atoms with van der Waals surface area (Å²) in [7, 11) is 3.73. The Hall–Kier alpha value is -1.56. The van der Waals surface area contributed by atoms with Gasteiger partial charge in [0.15, 0.2) is 12.3 Å². The molecular weight excluding hydrogens is 322 g/mol. The lowest BCUT2D eigenvalue weighted by molar-refractivity contribution is -0.345. The number of nitrogens with one attached hydrogen (secondary N) is 1. The molecule has 1 fully saturated rings. The largest absolute Gasteiger partial charge is 0.394 e. The fourth-order valence-corrected chi connectivity index (χ4v) is 2.32. The predicted molar refractivity (Wildman–Crippen MR) is 82.4 cm³/mol. The van der Waals surface area contributed by atoms with Gasteiger partial charge >= 0.3 is 5.69 Å². The molecule has 136 valence electrons. The molecule has 0 unspecified atom stereocenters. The van der Waals surface area contributed by atoms with E-state index in [0.717, 1.165) is 4.57 Å². The lowest BCUT2D eigenvalue weighted by Gasteiger charge is -2.21. The van der Waals surface area contributed by atoms with Crippen LogP contribution in [0, 0.1) is 6.92 Å². The molecular formula is C14H23N3O7. The van der Waals surface area contributed by atoms with Gasteiger partial charge in [0.05, 0.1) is 13.2 Å². The first-order valence-electron chi connectivity index (χ1n) is 7.54. The Bertz CT molecular complexity index is 657. The fourth-order valence-electron chi connectivity index (χ4n) is 2.32. The van der Waals surface area contributed by atoms with Gasteiger partial charge in [0, 0.05) is 18.3 Å². The van der Waals surface area contributed by atoms with Gasteiger partial charge in [-0.1, -0.05) is 0 Å². The van der Waals surface area contributed by atoms with Crippen LogP contribution >= 0.6 is 0 Å². The van der Waals surface area contributed by atoms with E-state index in [1.165, 1.54) is 13.1 Å². The number of likely N-dealkylation sites (N-methyl/N-ethyl adjacent to an activating group) is 1. The SMILES string of the molecule is Cc1cn([C@@H]2O[C@H](CO)[C@@H](O)[C@H]2OOCCN(C)C)c(=O)[nH]c1=O. The van der Waals surface area contributed by atoms with Crippen molar-refractivity contribution in [1.29, 1.82) is 0 Å². The summed E-state index contributed by atoms with van der Waals surface area (Å²) in [6.07, 6.45) is -2.89. The van der Waals surface area contributed by atoms with Crippen molar-refractivity contribution in [2.24, 2.45) is 0 Å². The van der Waals surface area contributed by atoms with E-state index < -0.39 is 42.4 Å². The average Bonchev–Trinajstić information content (AvgIpc) is 2.83. The molecule has 4 atom stereocenters. The van der Waals surface area contributed by atoms with E-state index in [0.29, 0.717) is 12.1 Å². The quantitative estimate of drug-likeness (QED) is 0.294. The summed E-state index contributed by atoms with van der Waals surface area (Å²) in [5, 5.41) is 19.5. The third-order valence-electron chi connectivity index (χ3n) is 3.71. The number of aromatic amines is 1. The molecule has 0 aromatic carbocycles. The summed E-state index contributed by atoms with van der Waals surface area (Å²) in [4.78, 5) is 37.9. The van der Waals surface area contributed by atoms with Crippen LogP contribution in [0.4, 0.5) is 0 Å². The molecule has 1 aromatic rings. The van der Waals surface area contributed by atoms with Crippen molar-refractivity contribution in [3.05, 3.63) is 32.6 Å². The molecule has 0 amide bonds. The van der Waals surface area contributed by atoms with Crippen LogP contribution in [0.2, 0.25) is 0 Å². The van der Waals surface area contributed by atoms with Crippen molar-refractivity contribution in [3.63, 3.8) is 0 Å². The van der Waals surface area contributed by atoms with Gasteiger partial charge in [-0.15, -0.1) is 0 Å². The summed E-state index contributed by atoms with van der Waals surface area (Å²) in [6, 6.07) is 0. The molecule has 0 saturated carbocycles. The van der Waals surface area contributed by atoms with E-state index in [1.54, 1.807) is 0 Å². The summed E-state index contributed by atoms with van der Waals surface area (Å²) in [6.45, 7) is 1.92. The number of aliphatic hydroxyl groups excluding tert-OH is 2. The van der Waals surface area contributed by atoms with Crippen LogP contribution in [-0.2, 0) is 14.5 Å². The maximum atomic E-state index is 12.0. The average molecular weight is 345 g/mol. The lowest BCUT2D eigenvalue weighted by atomic mass is 10.1. The van der Waals surface area contributed by atoms with Crippen LogP contribution in [-0.4, -0.2) is 76.8 Å². The number of hydrogen-bond donors (Lipinski definition) is 3. The lowest BCUT2D eigenvalue weighted by Crippen LogP contribution is -2.40. The molecule has 1 aromatic heterocycles. The smallest absolute Gasteiger partial charge is 0.330 e. The normalized spacial score (nSPS) is 27.1. The number of aliphatic hydroxyl groups is 2. The molecule has 0 aliphatic carbocycles. The molecule has 1 aliphatic rings. The van der Waals surface area contributed by atoms with Crippen LogP contribution in [0.5, 0.6) is 0 Å². The maximum absolute atomic E-state index is 12.0. The third kappa shape index (κ3) is 4.09. The highest BCUT2D eigenvalue weighted by atomic mass is 17.2. The molecule has 1 saturated heterocycles. The van der Waals surface area contributed by atoms with Gasteiger partial charge in [-0.05, 0) is 21.0 Å². The van der Waals surface area contributed by atoms with Crippen LogP contribution in [0.25, 0.3) is 0 Å². The van der Waals surface area contributed by atoms with E-state index in [2.05, 4.69) is 4.98 Å². The standard InChI is InChI=1S/C14H23N3O7/c1-8-6-17(14(21)15-12(8)20)13-11(10(19)9(7-18)23-13)24-22-5-4-16(2)3/h6,9-11,13,18-19H,4-5,7H2,1-3H3,(H,15,20,21)/t9-,10-,11-,13-/m1/s1. The fraction of sp³-hybridized carbons (Fsp3) is 0.714. The van der Waals surface area contributed by atoms with Crippen molar-refractivity contribution >= 4 is 0 Å². The van der Waals surface area contributed by atoms with Crippen molar-refractivity contribution in [2.45, 2.75) is 31.5 Å². The van der Waals surface area contributed by atoms with E-state index in [4.69, 9.17) is 14.5 Å². The Labute approximate surface area is 138 Å². The van der Waals surface area contributed by atoms with Gasteiger partial charge in [-0.3, -0.25) is 14.3 Å². The second-order valence-electron chi connectivity index (χ2n) is 5.90. The minimum absolute atomic E-state index is 0.242. The second kappa shape index (κ2) is 8.01. The van der Waals surface area contributed by atoms with Crippen molar-refractivity contribution < 1.29 is 24.7 Å². The molecule has 0 radical (unpaired) electrons. The van der Waals surface area contributed by atoms with Gasteiger partial charge in [-0.2, -0.15) is 0 Å². The number of nitrogens with zero attached hydrogens (tertiary/aromatic N) is 2. The molecule has 1 aliphatic heterocycles. The topological polar surface area (TPSA) is 126 Å². The van der Waals surface area contributed by atoms with Crippen molar-refractivity contribution in [2.75, 3.05) is 33.9 Å². The number of ether oxygens (including phenoxy) is 1. The zero-order valence-corrected chi connectivity index (χ0v) is 13.8. The van der Waals surface area contributed by atoms with E-state index in [-0.39, 0.29) is 6.61 Å². The highest BCUT2D eigenvalue weighted by molar-refractivity contribution is 5.03. The Morgan fingerprint density at radius 2 is 2.12 bits per heavy atom. The molecule has 2 rings (SSSR count). The van der Waals surface area contributed by atoms with E-state index >= 15 is 0 Å². The summed E-state index contributed by atoms with van der Waals surface area (Å²) in [5.74, 6) is 0. The van der Waals surface area contributed by atoms with Gasteiger partial charge in [0.1, 0.15) is 12.2 Å². The maximum Gasteiger partial charge on any atom is 0.330 e. The molecule has 0 spiro atoms. The summed E-state index contributed by atoms with van der Waals surface area (Å²) in [5.41, 5.74) is -0.913. The predicted octanol–water partition coefficient (Wildman–Crippen LogP) is -2.03. The number of hydrogen-bond acceptors (Lipinski definition) is 8. The van der Waals surface area contributed by atoms with E-state index in [9.17, 15) is 19.8 Å². The van der Waals surface area contributed by atoms with Gasteiger partial charge < -0.3 is 19.8 Å². The highest BCUT2D eigenvalue weighted by Crippen LogP contribution is 2.30. The van der Waals surface area contributed by atoms with Crippen LogP contribution < -0.4 is 11.2 Å². The van der Waals surface area contributed by atoms with Gasteiger partial charge in [-0.25, -0.2) is 14.6 Å². The monoisotopic (exact) mass is 345 g/mol. The van der Waals surface area contributed by atoms with Crippen LogP contribution in [0.3, 0.4) is 0 Å². The first-order chi connectivity index (χ1) is 11.3. The Morgan fingerprint density at radius 3 is 2.75 bits per heavy atom. The Morgan fingerprint density at radius 1 is 1.42 bits per heavy atom. The zero-order chi connectivity index (χ0) is 17.9. The van der Waals surface area contributed by atoms with Crippen LogP contribution in [0.15, 0.2) is 15.8 Å². The highest BCUT2D eigenvalue weighted by Gasteiger charge is 2.46. The van der Waals surface area contributed by atoms with Gasteiger partial charge in [0.2, 0.25) is 0 Å². The first kappa shape index (κ1) is 18.8. The second-order valence-corrected chi connectivity index (χ2v) is 5.90. The van der Waals surface area contributed by atoms with E-state index in [1.807, 2.05) is 19.0 Å². The van der Waals surface area contributed by atoms with Crippen LogP contribution in [0.1, 0.15) is 11.8 Å². The van der Waals surface area contributed by atoms with Crippen molar-refractivity contribution in [1.82, 2.24) is 14.5 Å². The third-order valence-corrected chi connectivity index (χ3v) is 3.71. The van der Waals surface area contributed by atoms with Crippen molar-refractivity contribution in [3.8, 4) is 0 Å². The molecule has 2 heterocycles. The Kier molecular flexibility index (Phi) is 6.27. The number of aryl methyl sites for hydroxylation is 1. The summed E-state index contributed by atoms with van der Waals surface area (Å²) < 4.78 is 6.61. The molecule has 10 nitrogen and oxygen atoms in total. The van der Waals surface area contributed by atoms with Gasteiger partial charge in [0.25, 0.3) is 5.56 Å². The molecule has 10 heteroatoms. The molecule has 24 heavy (non-hydrogen) atoms. The Balaban J connectivity index is 2.20. The number of rotatable bonds is 7. The number of H-pyrrole nitrogens is 1. The first-order valence-corrected chi connectivity index (χ1v) is 7.54. The number of aromatic nitrogens is 2. The minimum Gasteiger partial charge on any atom is -0.394 e. The zero-order valence-electron chi connectivity index (χ0n) is 13.8. The molecule has 3 N–H and O–H groups in total. The molecule has 0 bridgehead atoms.